The Labute approximate surface area is 264 Å². The van der Waals surface area contributed by atoms with E-state index in [2.05, 4.69) is 15.4 Å². The number of nitrogens with zero attached hydrogens (tertiary/aromatic N) is 3. The van der Waals surface area contributed by atoms with E-state index < -0.39 is 47.0 Å². The van der Waals surface area contributed by atoms with Crippen LogP contribution in [0.2, 0.25) is 0 Å². The molecule has 0 aliphatic carbocycles. The highest BCUT2D eigenvalue weighted by molar-refractivity contribution is 6.02. The lowest BCUT2D eigenvalue weighted by Gasteiger charge is -2.38. The number of nitrogens with one attached hydrogen (secondary N) is 1. The Morgan fingerprint density at radius 1 is 1.13 bits per heavy atom. The first-order valence-electron chi connectivity index (χ1n) is 15.0. The number of carbonyl (C=O) groups excluding carboxylic acids is 2. The summed E-state index contributed by atoms with van der Waals surface area (Å²) in [7, 11) is 0. The first kappa shape index (κ1) is 32.7. The second-order valence-corrected chi connectivity index (χ2v) is 12.3. The van der Waals surface area contributed by atoms with Crippen LogP contribution in [-0.4, -0.2) is 56.1 Å². The molecule has 3 heterocycles. The van der Waals surface area contributed by atoms with Crippen molar-refractivity contribution in [2.24, 2.45) is 0 Å². The van der Waals surface area contributed by atoms with Crippen LogP contribution in [0, 0.1) is 25.5 Å². The van der Waals surface area contributed by atoms with Gasteiger partial charge in [0, 0.05) is 34.0 Å². The van der Waals surface area contributed by atoms with Gasteiger partial charge in [-0.3, -0.25) is 9.59 Å². The van der Waals surface area contributed by atoms with E-state index in [1.165, 1.54) is 34.8 Å². The number of Topliss-reactive ketones (excluding diaryl/α,β-unsaturated/α-hetero) is 1. The van der Waals surface area contributed by atoms with Crippen molar-refractivity contribution in [1.82, 2.24) is 19.9 Å². The fourth-order valence-electron chi connectivity index (χ4n) is 6.01. The van der Waals surface area contributed by atoms with Gasteiger partial charge < -0.3 is 19.9 Å². The number of aliphatic carboxylic acids is 1. The van der Waals surface area contributed by atoms with Crippen LogP contribution in [0.1, 0.15) is 83.8 Å². The third-order valence-corrected chi connectivity index (χ3v) is 7.99. The molecule has 46 heavy (non-hydrogen) atoms. The van der Waals surface area contributed by atoms with E-state index in [0.717, 1.165) is 6.07 Å². The van der Waals surface area contributed by atoms with Gasteiger partial charge in [-0.15, -0.1) is 0 Å². The number of carboxylic acid groups (broad SMARTS) is 1. The van der Waals surface area contributed by atoms with Gasteiger partial charge in [-0.2, -0.15) is 5.10 Å². The van der Waals surface area contributed by atoms with E-state index in [-0.39, 0.29) is 46.0 Å². The maximum Gasteiger partial charge on any atom is 0.340 e. The fraction of sp³-hybridized carbons (Fsp3) is 0.382. The second-order valence-electron chi connectivity index (χ2n) is 12.3. The van der Waals surface area contributed by atoms with E-state index in [1.54, 1.807) is 34.6 Å². The zero-order valence-electron chi connectivity index (χ0n) is 26.6. The van der Waals surface area contributed by atoms with Crippen molar-refractivity contribution in [3.63, 3.8) is 0 Å². The molecule has 0 spiro atoms. The third kappa shape index (κ3) is 5.96. The lowest BCUT2D eigenvalue weighted by atomic mass is 9.83. The minimum atomic E-state index is -1.93. The average Bonchev–Trinajstić information content (AvgIpc) is 3.43. The van der Waals surface area contributed by atoms with Crippen LogP contribution in [0.4, 0.5) is 8.78 Å². The molecule has 4 aromatic rings. The summed E-state index contributed by atoms with van der Waals surface area (Å²) in [5.74, 6) is -3.53. The number of carboxylic acids is 1. The Morgan fingerprint density at radius 3 is 2.52 bits per heavy atom. The number of hydrogen-bond donors (Lipinski definition) is 2. The van der Waals surface area contributed by atoms with Crippen molar-refractivity contribution in [1.29, 1.82) is 0 Å². The maximum atomic E-state index is 15.7. The Kier molecular flexibility index (Phi) is 8.69. The van der Waals surface area contributed by atoms with E-state index >= 15 is 4.39 Å². The largest absolute Gasteiger partial charge is 0.490 e. The Hall–Kier alpha value is -4.71. The zero-order valence-corrected chi connectivity index (χ0v) is 26.6. The predicted molar refractivity (Wildman–Crippen MR) is 165 cm³/mol. The van der Waals surface area contributed by atoms with Crippen LogP contribution in [0.25, 0.3) is 16.9 Å². The van der Waals surface area contributed by atoms with Gasteiger partial charge >= 0.3 is 5.97 Å². The Morgan fingerprint density at radius 2 is 1.87 bits per heavy atom. The number of rotatable bonds is 9. The molecule has 0 fully saturated rings. The number of halogens is 2. The van der Waals surface area contributed by atoms with Crippen LogP contribution in [0.3, 0.4) is 0 Å². The molecule has 0 saturated carbocycles. The normalized spacial score (nSPS) is 14.3. The van der Waals surface area contributed by atoms with Gasteiger partial charge in [0.1, 0.15) is 5.82 Å². The first-order chi connectivity index (χ1) is 21.7. The summed E-state index contributed by atoms with van der Waals surface area (Å²) in [5, 5.41) is 17.8. The molecule has 1 atom stereocenters. The van der Waals surface area contributed by atoms with E-state index in [0.29, 0.717) is 36.1 Å². The third-order valence-electron chi connectivity index (χ3n) is 7.99. The molecule has 10 nitrogen and oxygen atoms in total. The lowest BCUT2D eigenvalue weighted by Crippen LogP contribution is -2.45. The van der Waals surface area contributed by atoms with Crippen molar-refractivity contribution >= 4 is 23.3 Å². The molecule has 2 N–H and O–H groups in total. The number of ether oxygens (including phenoxy) is 2. The predicted octanol–water partition coefficient (Wildman–Crippen LogP) is 5.73. The topological polar surface area (TPSA) is 132 Å². The van der Waals surface area contributed by atoms with E-state index in [9.17, 15) is 23.9 Å². The van der Waals surface area contributed by atoms with Crippen LogP contribution in [0.15, 0.2) is 36.4 Å². The summed E-state index contributed by atoms with van der Waals surface area (Å²) >= 11 is 0. The van der Waals surface area contributed by atoms with Crippen LogP contribution in [0.5, 0.6) is 5.75 Å². The number of aromatic nitrogens is 3. The number of amides is 1. The van der Waals surface area contributed by atoms with Crippen molar-refractivity contribution < 1.29 is 37.7 Å². The monoisotopic (exact) mass is 634 g/mol. The molecule has 5 rings (SSSR count). The molecular formula is C34H36F2N4O6. The Balaban J connectivity index is 1.72. The minimum Gasteiger partial charge on any atom is -0.490 e. The highest BCUT2D eigenvalue weighted by Gasteiger charge is 2.47. The van der Waals surface area contributed by atoms with Gasteiger partial charge in [-0.05, 0) is 77.6 Å². The molecule has 2 aromatic carbocycles. The molecule has 0 bridgehead atoms. The van der Waals surface area contributed by atoms with Crippen LogP contribution >= 0.6 is 0 Å². The molecule has 1 unspecified atom stereocenters. The minimum absolute atomic E-state index is 0.00693. The number of aryl methyl sites for hydroxylation is 1. The van der Waals surface area contributed by atoms with Crippen molar-refractivity contribution in [2.45, 2.75) is 72.0 Å². The van der Waals surface area contributed by atoms with Gasteiger partial charge in [0.05, 0.1) is 24.4 Å². The van der Waals surface area contributed by atoms with Crippen LogP contribution in [-0.2, 0) is 21.6 Å². The first-order valence-corrected chi connectivity index (χ1v) is 15.0. The number of fused-ring (bicyclic) bond motifs is 2. The number of hydrogen-bond acceptors (Lipinski definition) is 7. The molecule has 1 aliphatic heterocycles. The highest BCUT2D eigenvalue weighted by Crippen LogP contribution is 2.45. The summed E-state index contributed by atoms with van der Waals surface area (Å²) < 4.78 is 42.6. The number of ketones is 1. The molecule has 2 aromatic heterocycles. The Bertz CT molecular complexity index is 1880. The summed E-state index contributed by atoms with van der Waals surface area (Å²) in [5.41, 5.74) is -0.349. The molecule has 1 amide bonds. The molecule has 0 saturated heterocycles. The van der Waals surface area contributed by atoms with Gasteiger partial charge in [-0.1, -0.05) is 19.1 Å². The zero-order chi connectivity index (χ0) is 33.6. The van der Waals surface area contributed by atoms with Gasteiger partial charge in [0.25, 0.3) is 5.91 Å². The standard InChI is InChI=1S/C34H36F2N4O6/c1-7-34(32(43)44,46-33(4,5)6)28-19(3)38-27-16-25(31(42)37-17-26(41)20-10-8-11-21(35)14-20)39-40(27)29(28)23-15-24(36)30-22(18(23)2)12-9-13-45-30/h8,10-11,14-16H,7,9,12-13,17H2,1-6H3,(H,37,42)(H,43,44). The molecule has 0 radical (unpaired) electrons. The van der Waals surface area contributed by atoms with E-state index in [1.807, 2.05) is 6.92 Å². The van der Waals surface area contributed by atoms with Gasteiger partial charge in [-0.25, -0.2) is 23.1 Å². The molecule has 1 aliphatic rings. The van der Waals surface area contributed by atoms with Gasteiger partial charge in [0.2, 0.25) is 0 Å². The smallest absolute Gasteiger partial charge is 0.340 e. The second kappa shape index (κ2) is 12.2. The van der Waals surface area contributed by atoms with Gasteiger partial charge in [0.15, 0.2) is 34.3 Å². The highest BCUT2D eigenvalue weighted by atomic mass is 19.1. The van der Waals surface area contributed by atoms with Crippen LogP contribution < -0.4 is 10.1 Å². The molecule has 12 heteroatoms. The lowest BCUT2D eigenvalue weighted by molar-refractivity contribution is -0.188. The summed E-state index contributed by atoms with van der Waals surface area (Å²) in [6.07, 6.45) is 1.22. The quantitative estimate of drug-likeness (QED) is 0.223. The van der Waals surface area contributed by atoms with E-state index in [4.69, 9.17) is 9.47 Å². The maximum absolute atomic E-state index is 15.7. The fourth-order valence-corrected chi connectivity index (χ4v) is 6.01. The average molecular weight is 635 g/mol. The SMILES string of the molecule is CCC(OC(C)(C)C)(C(=O)O)c1c(C)nc2cc(C(=O)NCC(=O)c3cccc(F)c3)nn2c1-c1cc(F)c2c(c1C)CCCO2. The molecule has 242 valence electrons. The summed E-state index contributed by atoms with van der Waals surface area (Å²) in [6, 6.07) is 7.81. The summed E-state index contributed by atoms with van der Waals surface area (Å²) in [6.45, 7) is 10.3. The summed E-state index contributed by atoms with van der Waals surface area (Å²) in [4.78, 5) is 43.7. The van der Waals surface area contributed by atoms with Crippen molar-refractivity contribution in [3.05, 3.63) is 81.7 Å². The number of benzene rings is 2. The van der Waals surface area contributed by atoms with Crippen molar-refractivity contribution in [2.75, 3.05) is 13.2 Å². The number of carbonyl (C=O) groups is 3. The molecular weight excluding hydrogens is 598 g/mol. The van der Waals surface area contributed by atoms with Crippen molar-refractivity contribution in [3.8, 4) is 17.0 Å².